The van der Waals surface area contributed by atoms with Crippen LogP contribution in [0.1, 0.15) is 18.4 Å². The van der Waals surface area contributed by atoms with Crippen LogP contribution in [0, 0.1) is 11.8 Å². The van der Waals surface area contributed by atoms with Gasteiger partial charge in [0.2, 0.25) is 11.8 Å². The fourth-order valence-electron chi connectivity index (χ4n) is 4.80. The first-order valence-electron chi connectivity index (χ1n) is 11.5. The normalized spacial score (nSPS) is 26.2. The van der Waals surface area contributed by atoms with Gasteiger partial charge in [-0.1, -0.05) is 24.3 Å². The Labute approximate surface area is 193 Å². The second-order valence-electron chi connectivity index (χ2n) is 9.16. The van der Waals surface area contributed by atoms with Gasteiger partial charge in [0.1, 0.15) is 5.75 Å². The van der Waals surface area contributed by atoms with Gasteiger partial charge >= 0.3 is 6.03 Å². The quantitative estimate of drug-likeness (QED) is 0.274. The number of benzene rings is 1. The Morgan fingerprint density at radius 2 is 1.70 bits per heavy atom. The molecule has 9 nitrogen and oxygen atoms in total. The molecule has 3 aliphatic heterocycles. The standard InChI is InChI=1S/C24H32N4O5/c1-27(2)16(13-15-5-7-17(29)8-6-15)14-26-24(32)25-11-3-4-12-28-22(30)20-18-9-10-19(33-18)21(20)23(28)31/h5-10,16,18-21,29H,3-4,11-14H2,1-2H3,(H2,25,26,32)/t16-,18?,19?,20?,21?/m0/s1. The van der Waals surface area contributed by atoms with Crippen LogP contribution < -0.4 is 10.6 Å². The highest BCUT2D eigenvalue weighted by Gasteiger charge is 2.60. The highest BCUT2D eigenvalue weighted by atomic mass is 16.5. The van der Waals surface area contributed by atoms with Gasteiger partial charge in [0, 0.05) is 25.7 Å². The van der Waals surface area contributed by atoms with Gasteiger partial charge in [0.05, 0.1) is 24.0 Å². The zero-order valence-corrected chi connectivity index (χ0v) is 19.1. The molecule has 5 atom stereocenters. The summed E-state index contributed by atoms with van der Waals surface area (Å²) in [4.78, 5) is 40.8. The average Bonchev–Trinajstić information content (AvgIpc) is 3.47. The summed E-state index contributed by atoms with van der Waals surface area (Å²) >= 11 is 0. The van der Waals surface area contributed by atoms with Crippen LogP contribution in [0.3, 0.4) is 0 Å². The van der Waals surface area contributed by atoms with E-state index < -0.39 is 0 Å². The minimum Gasteiger partial charge on any atom is -0.508 e. The van der Waals surface area contributed by atoms with E-state index >= 15 is 0 Å². The van der Waals surface area contributed by atoms with Crippen molar-refractivity contribution in [3.05, 3.63) is 42.0 Å². The van der Waals surface area contributed by atoms with Crippen molar-refractivity contribution in [1.29, 1.82) is 0 Å². The number of likely N-dealkylation sites (tertiary alicyclic amines) is 1. The van der Waals surface area contributed by atoms with E-state index in [-0.39, 0.29) is 53.7 Å². The third kappa shape index (κ3) is 5.04. The van der Waals surface area contributed by atoms with Crippen molar-refractivity contribution in [1.82, 2.24) is 20.4 Å². The number of hydrogen-bond acceptors (Lipinski definition) is 6. The molecule has 0 spiro atoms. The number of hydrogen-bond donors (Lipinski definition) is 3. The smallest absolute Gasteiger partial charge is 0.314 e. The van der Waals surface area contributed by atoms with E-state index in [9.17, 15) is 19.5 Å². The summed E-state index contributed by atoms with van der Waals surface area (Å²) in [7, 11) is 3.93. The number of unbranched alkanes of at least 4 members (excludes halogenated alkanes) is 1. The molecule has 1 aromatic rings. The maximum Gasteiger partial charge on any atom is 0.314 e. The van der Waals surface area contributed by atoms with Crippen LogP contribution in [0.2, 0.25) is 0 Å². The molecule has 2 fully saturated rings. The predicted octanol–water partition coefficient (Wildman–Crippen LogP) is 0.883. The van der Waals surface area contributed by atoms with Crippen molar-refractivity contribution in [2.75, 3.05) is 33.7 Å². The Bertz CT molecular complexity index is 886. The molecule has 4 amide bonds. The molecular weight excluding hydrogens is 424 g/mol. The number of likely N-dealkylation sites (N-methyl/N-ethyl adjacent to an activating group) is 1. The first kappa shape index (κ1) is 23.3. The number of carbonyl (C=O) groups is 3. The average molecular weight is 457 g/mol. The molecular formula is C24H32N4O5. The van der Waals surface area contributed by atoms with Crippen molar-refractivity contribution in [2.45, 2.75) is 37.5 Å². The van der Waals surface area contributed by atoms with Gasteiger partial charge in [-0.3, -0.25) is 14.5 Å². The van der Waals surface area contributed by atoms with Gasteiger partial charge in [0.15, 0.2) is 0 Å². The number of ether oxygens (including phenoxy) is 1. The number of fused-ring (bicyclic) bond motifs is 5. The van der Waals surface area contributed by atoms with E-state index in [1.54, 1.807) is 12.1 Å². The monoisotopic (exact) mass is 456 g/mol. The molecule has 4 rings (SSSR count). The molecule has 4 unspecified atom stereocenters. The zero-order valence-electron chi connectivity index (χ0n) is 19.1. The summed E-state index contributed by atoms with van der Waals surface area (Å²) in [5, 5.41) is 15.2. The molecule has 9 heteroatoms. The molecule has 0 aromatic heterocycles. The second-order valence-corrected chi connectivity index (χ2v) is 9.16. The Hall–Kier alpha value is -2.91. The van der Waals surface area contributed by atoms with Crippen LogP contribution in [0.5, 0.6) is 5.75 Å². The maximum absolute atomic E-state index is 12.6. The number of nitrogens with zero attached hydrogens (tertiary/aromatic N) is 2. The van der Waals surface area contributed by atoms with Crippen LogP contribution in [0.25, 0.3) is 0 Å². The van der Waals surface area contributed by atoms with Crippen molar-refractivity contribution in [3.63, 3.8) is 0 Å². The summed E-state index contributed by atoms with van der Waals surface area (Å²) in [5.74, 6) is -0.742. The SMILES string of the molecule is CN(C)[C@H](CNC(=O)NCCCCN1C(=O)C2C3C=CC(O3)C2C1=O)Cc1ccc(O)cc1. The molecule has 2 bridgehead atoms. The number of rotatable bonds is 10. The molecule has 33 heavy (non-hydrogen) atoms. The van der Waals surface area contributed by atoms with E-state index in [2.05, 4.69) is 15.5 Å². The number of phenols is 1. The number of amides is 4. The molecule has 0 saturated carbocycles. The van der Waals surface area contributed by atoms with Crippen LogP contribution in [-0.4, -0.2) is 84.7 Å². The van der Waals surface area contributed by atoms with Crippen molar-refractivity contribution < 1.29 is 24.2 Å². The number of aromatic hydroxyl groups is 1. The van der Waals surface area contributed by atoms with Crippen molar-refractivity contribution in [2.24, 2.45) is 11.8 Å². The second kappa shape index (κ2) is 9.93. The lowest BCUT2D eigenvalue weighted by atomic mass is 9.85. The lowest BCUT2D eigenvalue weighted by Crippen LogP contribution is -2.45. The summed E-state index contributed by atoms with van der Waals surface area (Å²) in [5.41, 5.74) is 1.08. The number of urea groups is 1. The topological polar surface area (TPSA) is 111 Å². The lowest BCUT2D eigenvalue weighted by Gasteiger charge is -2.25. The largest absolute Gasteiger partial charge is 0.508 e. The molecule has 1 aromatic carbocycles. The minimum absolute atomic E-state index is 0.112. The van der Waals surface area contributed by atoms with E-state index in [0.717, 1.165) is 12.0 Å². The van der Waals surface area contributed by atoms with Crippen LogP contribution in [-0.2, 0) is 20.7 Å². The van der Waals surface area contributed by atoms with Gasteiger partial charge in [-0.2, -0.15) is 0 Å². The van der Waals surface area contributed by atoms with E-state index in [1.807, 2.05) is 38.4 Å². The third-order valence-electron chi connectivity index (χ3n) is 6.73. The van der Waals surface area contributed by atoms with Crippen molar-refractivity contribution in [3.8, 4) is 5.75 Å². The number of phenolic OH excluding ortho intramolecular Hbond substituents is 1. The molecule has 3 heterocycles. The first-order chi connectivity index (χ1) is 15.8. The summed E-state index contributed by atoms with van der Waals surface area (Å²) in [6.45, 7) is 1.33. The summed E-state index contributed by atoms with van der Waals surface area (Å²) in [6.07, 6.45) is 5.31. The first-order valence-corrected chi connectivity index (χ1v) is 11.5. The summed E-state index contributed by atoms with van der Waals surface area (Å²) < 4.78 is 5.64. The lowest BCUT2D eigenvalue weighted by molar-refractivity contribution is -0.142. The molecule has 3 aliphatic rings. The fourth-order valence-corrected chi connectivity index (χ4v) is 4.80. The van der Waals surface area contributed by atoms with Crippen molar-refractivity contribution >= 4 is 17.8 Å². The van der Waals surface area contributed by atoms with Crippen LogP contribution in [0.15, 0.2) is 36.4 Å². The highest BCUT2D eigenvalue weighted by Crippen LogP contribution is 2.45. The van der Waals surface area contributed by atoms with Crippen LogP contribution >= 0.6 is 0 Å². The predicted molar refractivity (Wildman–Crippen MR) is 121 cm³/mol. The van der Waals surface area contributed by atoms with Gasteiger partial charge in [0.25, 0.3) is 0 Å². The Balaban J connectivity index is 1.13. The van der Waals surface area contributed by atoms with Gasteiger partial charge < -0.3 is 25.4 Å². The zero-order chi connectivity index (χ0) is 23.5. The number of carbonyl (C=O) groups excluding carboxylic acids is 3. The van der Waals surface area contributed by atoms with Gasteiger partial charge in [-0.25, -0.2) is 4.79 Å². The molecule has 2 saturated heterocycles. The fraction of sp³-hybridized carbons (Fsp3) is 0.542. The molecule has 178 valence electrons. The Morgan fingerprint density at radius 3 is 2.30 bits per heavy atom. The van der Waals surface area contributed by atoms with Gasteiger partial charge in [-0.05, 0) is 51.1 Å². The van der Waals surface area contributed by atoms with E-state index in [4.69, 9.17) is 4.74 Å². The summed E-state index contributed by atoms with van der Waals surface area (Å²) in [6, 6.07) is 6.95. The number of imide groups is 1. The third-order valence-corrected chi connectivity index (χ3v) is 6.73. The van der Waals surface area contributed by atoms with Crippen LogP contribution in [0.4, 0.5) is 4.79 Å². The maximum atomic E-state index is 12.6. The van der Waals surface area contributed by atoms with E-state index in [1.165, 1.54) is 4.90 Å². The molecule has 0 aliphatic carbocycles. The highest BCUT2D eigenvalue weighted by molar-refractivity contribution is 6.06. The Morgan fingerprint density at radius 1 is 1.06 bits per heavy atom. The van der Waals surface area contributed by atoms with Gasteiger partial charge in [-0.15, -0.1) is 0 Å². The van der Waals surface area contributed by atoms with E-state index in [0.29, 0.717) is 32.5 Å². The molecule has 0 radical (unpaired) electrons. The molecule has 3 N–H and O–H groups in total. The number of nitrogens with one attached hydrogen (secondary N) is 2. The Kier molecular flexibility index (Phi) is 6.99. The minimum atomic E-state index is -0.359.